The molecule has 1 saturated heterocycles. The predicted molar refractivity (Wildman–Crippen MR) is 92.0 cm³/mol. The van der Waals surface area contributed by atoms with E-state index in [0.29, 0.717) is 18.8 Å². The topological polar surface area (TPSA) is 105 Å². The molecule has 1 aliphatic carbocycles. The van der Waals surface area contributed by atoms with Gasteiger partial charge in [0.05, 0.1) is 12.3 Å². The van der Waals surface area contributed by atoms with Gasteiger partial charge in [0.15, 0.2) is 6.04 Å². The molecule has 0 bridgehead atoms. The number of nitrogens with two attached hydrogens (primary N) is 1. The second kappa shape index (κ2) is 7.38. The van der Waals surface area contributed by atoms with Gasteiger partial charge in [-0.25, -0.2) is 4.39 Å². The van der Waals surface area contributed by atoms with E-state index in [2.05, 4.69) is 5.32 Å². The Morgan fingerprint density at radius 3 is 2.73 bits per heavy atom. The maximum Gasteiger partial charge on any atom is 0.253 e. The smallest absolute Gasteiger partial charge is 0.253 e. The molecule has 140 valence electrons. The van der Waals surface area contributed by atoms with Crippen LogP contribution < -0.4 is 16.0 Å². The first-order valence-electron chi connectivity index (χ1n) is 8.38. The van der Waals surface area contributed by atoms with Crippen LogP contribution in [-0.2, 0) is 19.1 Å². The summed E-state index contributed by atoms with van der Waals surface area (Å²) in [4.78, 5) is 38.9. The van der Waals surface area contributed by atoms with Gasteiger partial charge in [-0.2, -0.15) is 0 Å². The van der Waals surface area contributed by atoms with Crippen molar-refractivity contribution in [1.29, 1.82) is 0 Å². The summed E-state index contributed by atoms with van der Waals surface area (Å²) in [5, 5.41) is 2.41. The molecular formula is C17H21FN4O4. The number of carbonyl (C=O) groups is 3. The maximum atomic E-state index is 14.4. The van der Waals surface area contributed by atoms with E-state index in [1.165, 1.54) is 23.1 Å². The van der Waals surface area contributed by atoms with Gasteiger partial charge in [0.2, 0.25) is 5.91 Å². The number of rotatable bonds is 6. The molecule has 1 heterocycles. The number of primary amides is 1. The summed E-state index contributed by atoms with van der Waals surface area (Å²) >= 11 is 0. The molecule has 2 aliphatic rings. The van der Waals surface area contributed by atoms with Crippen molar-refractivity contribution in [3.05, 3.63) is 24.0 Å². The van der Waals surface area contributed by atoms with E-state index in [1.807, 2.05) is 0 Å². The number of hydrogen-bond donors (Lipinski definition) is 2. The van der Waals surface area contributed by atoms with Crippen molar-refractivity contribution in [3.8, 4) is 0 Å². The second-order valence-electron chi connectivity index (χ2n) is 6.45. The van der Waals surface area contributed by atoms with Gasteiger partial charge in [-0.15, -0.1) is 0 Å². The minimum absolute atomic E-state index is 0.0477. The van der Waals surface area contributed by atoms with Crippen LogP contribution >= 0.6 is 0 Å². The van der Waals surface area contributed by atoms with Crippen molar-refractivity contribution < 1.29 is 23.5 Å². The van der Waals surface area contributed by atoms with Crippen molar-refractivity contribution in [2.24, 2.45) is 5.73 Å². The fraction of sp³-hybridized carbons (Fsp3) is 0.471. The average molecular weight is 364 g/mol. The number of amides is 3. The average Bonchev–Trinajstić information content (AvgIpc) is 3.42. The largest absolute Gasteiger partial charge is 0.370 e. The molecule has 1 atom stereocenters. The Balaban J connectivity index is 1.73. The number of benzene rings is 1. The molecular weight excluding hydrogens is 343 g/mol. The van der Waals surface area contributed by atoms with Crippen LogP contribution in [0.3, 0.4) is 0 Å². The number of hydrogen-bond acceptors (Lipinski definition) is 5. The van der Waals surface area contributed by atoms with Gasteiger partial charge in [0.1, 0.15) is 12.4 Å². The normalized spacial score (nSPS) is 18.7. The van der Waals surface area contributed by atoms with Crippen LogP contribution in [0.25, 0.3) is 0 Å². The van der Waals surface area contributed by atoms with Crippen molar-refractivity contribution in [3.63, 3.8) is 0 Å². The maximum absolute atomic E-state index is 14.4. The molecule has 3 N–H and O–H groups in total. The molecule has 1 aliphatic heterocycles. The monoisotopic (exact) mass is 364 g/mol. The first-order chi connectivity index (χ1) is 12.4. The number of anilines is 2. The molecule has 3 rings (SSSR count). The number of likely N-dealkylation sites (N-methyl/N-ethyl adjacent to an activating group) is 1. The molecule has 0 unspecified atom stereocenters. The highest BCUT2D eigenvalue weighted by Gasteiger charge is 2.38. The van der Waals surface area contributed by atoms with Crippen LogP contribution in [0.4, 0.5) is 15.8 Å². The van der Waals surface area contributed by atoms with Crippen LogP contribution in [0.1, 0.15) is 12.8 Å². The van der Waals surface area contributed by atoms with Crippen LogP contribution in [0.2, 0.25) is 0 Å². The highest BCUT2D eigenvalue weighted by molar-refractivity contribution is 6.09. The lowest BCUT2D eigenvalue weighted by molar-refractivity contribution is -0.132. The Labute approximate surface area is 150 Å². The van der Waals surface area contributed by atoms with E-state index in [9.17, 15) is 18.8 Å². The number of morpholine rings is 1. The van der Waals surface area contributed by atoms with E-state index in [-0.39, 0.29) is 24.2 Å². The molecule has 9 heteroatoms. The highest BCUT2D eigenvalue weighted by atomic mass is 19.1. The summed E-state index contributed by atoms with van der Waals surface area (Å²) in [6.45, 7) is 0.660. The third-order valence-electron chi connectivity index (χ3n) is 4.56. The van der Waals surface area contributed by atoms with Crippen LogP contribution in [-0.4, -0.2) is 61.5 Å². The summed E-state index contributed by atoms with van der Waals surface area (Å²) in [7, 11) is 1.65. The molecule has 8 nitrogen and oxygen atoms in total. The van der Waals surface area contributed by atoms with E-state index in [0.717, 1.165) is 12.8 Å². The third kappa shape index (κ3) is 3.83. The quantitative estimate of drug-likeness (QED) is 0.696. The molecule has 0 radical (unpaired) electrons. The van der Waals surface area contributed by atoms with Gasteiger partial charge in [-0.1, -0.05) is 0 Å². The van der Waals surface area contributed by atoms with Crippen LogP contribution in [0.15, 0.2) is 18.2 Å². The van der Waals surface area contributed by atoms with Gasteiger partial charge >= 0.3 is 0 Å². The predicted octanol–water partition coefficient (Wildman–Crippen LogP) is 0.0755. The minimum atomic E-state index is -1.16. The molecule has 26 heavy (non-hydrogen) atoms. The Kier molecular flexibility index (Phi) is 5.19. The SMILES string of the molecule is CN(C1CC1)[C@@H](C(N)=O)C(=O)Nc1ccc(N2CCOCC2=O)cc1F. The fourth-order valence-corrected chi connectivity index (χ4v) is 2.97. The second-order valence-corrected chi connectivity index (χ2v) is 6.45. The van der Waals surface area contributed by atoms with Crippen molar-refractivity contribution >= 4 is 29.1 Å². The molecule has 0 aromatic heterocycles. The van der Waals surface area contributed by atoms with E-state index < -0.39 is 23.7 Å². The van der Waals surface area contributed by atoms with Gasteiger partial charge < -0.3 is 20.7 Å². The number of ether oxygens (including phenoxy) is 1. The Hall–Kier alpha value is -2.52. The summed E-state index contributed by atoms with van der Waals surface area (Å²) in [5.41, 5.74) is 5.65. The first-order valence-corrected chi connectivity index (χ1v) is 8.38. The minimum Gasteiger partial charge on any atom is -0.370 e. The zero-order valence-electron chi connectivity index (χ0n) is 14.4. The lowest BCUT2D eigenvalue weighted by Crippen LogP contribution is -2.51. The van der Waals surface area contributed by atoms with Crippen molar-refractivity contribution in [2.45, 2.75) is 24.9 Å². The van der Waals surface area contributed by atoms with E-state index in [1.54, 1.807) is 11.9 Å². The lowest BCUT2D eigenvalue weighted by Gasteiger charge is -2.27. The number of halogens is 1. The highest BCUT2D eigenvalue weighted by Crippen LogP contribution is 2.28. The number of nitrogens with one attached hydrogen (secondary N) is 1. The summed E-state index contributed by atoms with van der Waals surface area (Å²) in [5.74, 6) is -2.42. The Morgan fingerprint density at radius 2 is 2.15 bits per heavy atom. The number of nitrogens with zero attached hydrogens (tertiary/aromatic N) is 2. The van der Waals surface area contributed by atoms with Gasteiger partial charge in [0.25, 0.3) is 11.8 Å². The first kappa shape index (κ1) is 18.3. The van der Waals surface area contributed by atoms with Crippen molar-refractivity contribution in [1.82, 2.24) is 4.90 Å². The zero-order chi connectivity index (χ0) is 18.8. The zero-order valence-corrected chi connectivity index (χ0v) is 14.4. The molecule has 0 spiro atoms. The van der Waals surface area contributed by atoms with E-state index in [4.69, 9.17) is 10.5 Å². The van der Waals surface area contributed by atoms with E-state index >= 15 is 0 Å². The molecule has 1 aromatic carbocycles. The summed E-state index contributed by atoms with van der Waals surface area (Å²) in [6.07, 6.45) is 1.79. The van der Waals surface area contributed by atoms with Crippen molar-refractivity contribution in [2.75, 3.05) is 37.0 Å². The lowest BCUT2D eigenvalue weighted by atomic mass is 10.2. The van der Waals surface area contributed by atoms with Gasteiger partial charge in [-0.05, 0) is 38.1 Å². The molecule has 3 amide bonds. The number of carbonyl (C=O) groups excluding carboxylic acids is 3. The fourth-order valence-electron chi connectivity index (χ4n) is 2.97. The van der Waals surface area contributed by atoms with Crippen LogP contribution in [0.5, 0.6) is 0 Å². The third-order valence-corrected chi connectivity index (χ3v) is 4.56. The Morgan fingerprint density at radius 1 is 1.42 bits per heavy atom. The molecule has 1 aromatic rings. The van der Waals surface area contributed by atoms with Gasteiger partial charge in [0, 0.05) is 18.3 Å². The molecule has 1 saturated carbocycles. The summed E-state index contributed by atoms with van der Waals surface area (Å²) in [6, 6.07) is 3.04. The standard InChI is InChI=1S/C17H21FN4O4/c1-21(10-2-3-10)15(16(19)24)17(25)20-13-5-4-11(8-12(13)18)22-6-7-26-9-14(22)23/h4-5,8,10,15H,2-3,6-7,9H2,1H3,(H2,19,24)(H,20,25)/t15-/m0/s1. The summed E-state index contributed by atoms with van der Waals surface area (Å²) < 4.78 is 19.5. The van der Waals surface area contributed by atoms with Gasteiger partial charge in [-0.3, -0.25) is 19.3 Å². The van der Waals surface area contributed by atoms with Crippen LogP contribution in [0, 0.1) is 5.82 Å². The Bertz CT molecular complexity index is 737. The molecule has 2 fully saturated rings.